The number of hydrogen-bond acceptors (Lipinski definition) is 3. The first-order valence-corrected chi connectivity index (χ1v) is 10.4. The van der Waals surface area contributed by atoms with E-state index in [4.69, 9.17) is 4.74 Å². The Bertz CT molecular complexity index is 417. The largest absolute Gasteiger partial charge is 0.444 e. The second-order valence-corrected chi connectivity index (χ2v) is 9.69. The molecular formula is C21H40N2O2. The molecule has 0 aromatic carbocycles. The zero-order valence-electron chi connectivity index (χ0n) is 17.1. The van der Waals surface area contributed by atoms with Gasteiger partial charge in [-0.3, -0.25) is 0 Å². The van der Waals surface area contributed by atoms with Gasteiger partial charge in [-0.05, 0) is 77.2 Å². The third-order valence-corrected chi connectivity index (χ3v) is 5.51. The molecule has 0 bridgehead atoms. The quantitative estimate of drug-likeness (QED) is 0.770. The second kappa shape index (κ2) is 9.25. The zero-order chi connectivity index (χ0) is 18.4. The summed E-state index contributed by atoms with van der Waals surface area (Å²) in [6.45, 7) is 14.0. The van der Waals surface area contributed by atoms with E-state index in [1.807, 2.05) is 20.8 Å². The van der Waals surface area contributed by atoms with Crippen LogP contribution in [0.1, 0.15) is 79.6 Å². The SMILES string of the molecule is CC(C)CC1CCCN(CC2CCCCC2NC(=O)OC(C)(C)C)C1. The number of carbonyl (C=O) groups excluding carboxylic acids is 1. The molecule has 25 heavy (non-hydrogen) atoms. The number of piperidine rings is 1. The van der Waals surface area contributed by atoms with Crippen molar-refractivity contribution in [2.24, 2.45) is 17.8 Å². The van der Waals surface area contributed by atoms with Crippen molar-refractivity contribution in [3.63, 3.8) is 0 Å². The first-order chi connectivity index (χ1) is 11.7. The van der Waals surface area contributed by atoms with Gasteiger partial charge in [-0.1, -0.05) is 26.7 Å². The molecule has 0 radical (unpaired) electrons. The minimum atomic E-state index is -0.425. The van der Waals surface area contributed by atoms with Crippen LogP contribution in [0.2, 0.25) is 0 Å². The van der Waals surface area contributed by atoms with Gasteiger partial charge in [0.1, 0.15) is 5.60 Å². The van der Waals surface area contributed by atoms with Crippen molar-refractivity contribution < 1.29 is 9.53 Å². The van der Waals surface area contributed by atoms with Gasteiger partial charge in [-0.25, -0.2) is 4.79 Å². The fraction of sp³-hybridized carbons (Fsp3) is 0.952. The monoisotopic (exact) mass is 352 g/mol. The van der Waals surface area contributed by atoms with E-state index >= 15 is 0 Å². The van der Waals surface area contributed by atoms with Crippen LogP contribution in [0, 0.1) is 17.8 Å². The average Bonchev–Trinajstić information content (AvgIpc) is 2.47. The Kier molecular flexibility index (Phi) is 7.60. The van der Waals surface area contributed by atoms with Crippen LogP contribution in [0.25, 0.3) is 0 Å². The number of nitrogens with one attached hydrogen (secondary N) is 1. The molecule has 2 aliphatic rings. The van der Waals surface area contributed by atoms with Gasteiger partial charge < -0.3 is 15.0 Å². The average molecular weight is 353 g/mol. The zero-order valence-corrected chi connectivity index (χ0v) is 17.1. The molecule has 1 amide bonds. The molecule has 1 aliphatic carbocycles. The lowest BCUT2D eigenvalue weighted by atomic mass is 9.83. The molecule has 3 atom stereocenters. The van der Waals surface area contributed by atoms with E-state index in [1.54, 1.807) is 0 Å². The normalized spacial score (nSPS) is 28.8. The standard InChI is InChI=1S/C21H40N2O2/c1-16(2)13-17-9-8-12-23(14-17)15-18-10-6-7-11-19(18)22-20(24)25-21(3,4)5/h16-19H,6-15H2,1-5H3,(H,22,24). The number of amides is 1. The van der Waals surface area contributed by atoms with Gasteiger partial charge in [0.2, 0.25) is 0 Å². The molecule has 0 spiro atoms. The molecule has 4 nitrogen and oxygen atoms in total. The molecule has 1 heterocycles. The van der Waals surface area contributed by atoms with Gasteiger partial charge in [0.15, 0.2) is 0 Å². The van der Waals surface area contributed by atoms with Crippen molar-refractivity contribution >= 4 is 6.09 Å². The minimum Gasteiger partial charge on any atom is -0.444 e. The van der Waals surface area contributed by atoms with Crippen molar-refractivity contribution in [3.8, 4) is 0 Å². The molecule has 1 saturated carbocycles. The molecule has 4 heteroatoms. The molecule has 2 fully saturated rings. The number of ether oxygens (including phenoxy) is 1. The highest BCUT2D eigenvalue weighted by Crippen LogP contribution is 2.29. The molecule has 1 saturated heterocycles. The number of alkyl carbamates (subject to hydrolysis) is 1. The highest BCUT2D eigenvalue weighted by atomic mass is 16.6. The summed E-state index contributed by atoms with van der Waals surface area (Å²) < 4.78 is 5.48. The molecule has 2 rings (SSSR count). The molecule has 146 valence electrons. The van der Waals surface area contributed by atoms with Gasteiger partial charge >= 0.3 is 6.09 Å². The van der Waals surface area contributed by atoms with Crippen LogP contribution in [0.5, 0.6) is 0 Å². The van der Waals surface area contributed by atoms with Crippen molar-refractivity contribution in [3.05, 3.63) is 0 Å². The molecule has 3 unspecified atom stereocenters. The Balaban J connectivity index is 1.86. The summed E-state index contributed by atoms with van der Waals surface area (Å²) in [6.07, 6.45) is 8.64. The topological polar surface area (TPSA) is 41.6 Å². The van der Waals surface area contributed by atoms with Crippen molar-refractivity contribution in [1.82, 2.24) is 10.2 Å². The lowest BCUT2D eigenvalue weighted by Crippen LogP contribution is -2.49. The van der Waals surface area contributed by atoms with E-state index in [1.165, 1.54) is 51.6 Å². The van der Waals surface area contributed by atoms with Crippen LogP contribution in [0.3, 0.4) is 0 Å². The second-order valence-electron chi connectivity index (χ2n) is 9.69. The van der Waals surface area contributed by atoms with E-state index in [2.05, 4.69) is 24.1 Å². The summed E-state index contributed by atoms with van der Waals surface area (Å²) >= 11 is 0. The third kappa shape index (κ3) is 7.55. The number of rotatable bonds is 5. The number of likely N-dealkylation sites (tertiary alicyclic amines) is 1. The molecule has 1 N–H and O–H groups in total. The van der Waals surface area contributed by atoms with E-state index in [-0.39, 0.29) is 12.1 Å². The number of nitrogens with zero attached hydrogens (tertiary/aromatic N) is 1. The summed E-state index contributed by atoms with van der Waals surface area (Å²) in [4.78, 5) is 14.9. The maximum absolute atomic E-state index is 12.2. The van der Waals surface area contributed by atoms with E-state index in [0.717, 1.165) is 24.8 Å². The summed E-state index contributed by atoms with van der Waals surface area (Å²) in [7, 11) is 0. The van der Waals surface area contributed by atoms with Gasteiger partial charge in [0, 0.05) is 19.1 Å². The van der Waals surface area contributed by atoms with Crippen molar-refractivity contribution in [2.75, 3.05) is 19.6 Å². The fourth-order valence-corrected chi connectivity index (χ4v) is 4.58. The minimum absolute atomic E-state index is 0.249. The summed E-state index contributed by atoms with van der Waals surface area (Å²) in [5.74, 6) is 2.22. The molecule has 0 aromatic rings. The molecular weight excluding hydrogens is 312 g/mol. The van der Waals surface area contributed by atoms with Crippen molar-refractivity contribution in [1.29, 1.82) is 0 Å². The first-order valence-electron chi connectivity index (χ1n) is 10.4. The first kappa shape index (κ1) is 20.5. The Morgan fingerprint density at radius 3 is 2.56 bits per heavy atom. The lowest BCUT2D eigenvalue weighted by Gasteiger charge is -2.39. The Hall–Kier alpha value is -0.770. The van der Waals surface area contributed by atoms with Gasteiger partial charge in [0.05, 0.1) is 0 Å². The molecule has 0 aromatic heterocycles. The van der Waals surface area contributed by atoms with Crippen LogP contribution >= 0.6 is 0 Å². The maximum atomic E-state index is 12.2. The predicted molar refractivity (Wildman–Crippen MR) is 104 cm³/mol. The van der Waals surface area contributed by atoms with E-state index in [9.17, 15) is 4.79 Å². The van der Waals surface area contributed by atoms with Gasteiger partial charge in [-0.15, -0.1) is 0 Å². The smallest absolute Gasteiger partial charge is 0.407 e. The highest BCUT2D eigenvalue weighted by Gasteiger charge is 2.31. The van der Waals surface area contributed by atoms with Gasteiger partial charge in [-0.2, -0.15) is 0 Å². The van der Waals surface area contributed by atoms with Crippen molar-refractivity contribution in [2.45, 2.75) is 91.2 Å². The lowest BCUT2D eigenvalue weighted by molar-refractivity contribution is 0.0441. The Morgan fingerprint density at radius 1 is 1.16 bits per heavy atom. The van der Waals surface area contributed by atoms with Gasteiger partial charge in [0.25, 0.3) is 0 Å². The molecule has 1 aliphatic heterocycles. The summed E-state index contributed by atoms with van der Waals surface area (Å²) in [5.41, 5.74) is -0.425. The van der Waals surface area contributed by atoms with E-state index < -0.39 is 5.60 Å². The van der Waals surface area contributed by atoms with E-state index in [0.29, 0.717) is 5.92 Å². The number of hydrogen-bond donors (Lipinski definition) is 1. The number of carbonyl (C=O) groups is 1. The Labute approximate surface area is 155 Å². The Morgan fingerprint density at radius 2 is 1.88 bits per heavy atom. The van der Waals surface area contributed by atoms with Crippen LogP contribution in [0.15, 0.2) is 0 Å². The van der Waals surface area contributed by atoms with Crippen LogP contribution in [-0.2, 0) is 4.74 Å². The summed E-state index contributed by atoms with van der Waals surface area (Å²) in [6, 6.07) is 0.272. The summed E-state index contributed by atoms with van der Waals surface area (Å²) in [5, 5.41) is 3.17. The highest BCUT2D eigenvalue weighted by molar-refractivity contribution is 5.68. The predicted octanol–water partition coefficient (Wildman–Crippen LogP) is 4.83. The maximum Gasteiger partial charge on any atom is 0.407 e. The third-order valence-electron chi connectivity index (χ3n) is 5.51. The van der Waals surface area contributed by atoms with Crippen LogP contribution < -0.4 is 5.32 Å². The fourth-order valence-electron chi connectivity index (χ4n) is 4.58. The van der Waals surface area contributed by atoms with Crippen LogP contribution in [-0.4, -0.2) is 42.3 Å². The van der Waals surface area contributed by atoms with Crippen LogP contribution in [0.4, 0.5) is 4.79 Å².